The van der Waals surface area contributed by atoms with E-state index in [0.29, 0.717) is 18.1 Å². The number of nitrogens with zero attached hydrogens (tertiary/aromatic N) is 3. The van der Waals surface area contributed by atoms with Crippen LogP contribution in [0.2, 0.25) is 0 Å². The molecule has 7 heteroatoms. The summed E-state index contributed by atoms with van der Waals surface area (Å²) in [5, 5.41) is 3.08. The van der Waals surface area contributed by atoms with Crippen molar-refractivity contribution in [2.45, 2.75) is 20.5 Å². The second kappa shape index (κ2) is 8.49. The molecular weight excluding hydrogens is 384 g/mol. The van der Waals surface area contributed by atoms with Crippen LogP contribution < -0.4 is 5.32 Å². The van der Waals surface area contributed by atoms with Gasteiger partial charge in [-0.05, 0) is 49.3 Å². The Morgan fingerprint density at radius 3 is 2.38 bits per heavy atom. The summed E-state index contributed by atoms with van der Waals surface area (Å²) in [6.07, 6.45) is 0. The van der Waals surface area contributed by atoms with Gasteiger partial charge in [0.15, 0.2) is 5.58 Å². The van der Waals surface area contributed by atoms with Crippen LogP contribution in [0.25, 0.3) is 11.1 Å². The monoisotopic (exact) mass is 410 g/mol. The van der Waals surface area contributed by atoms with Crippen molar-refractivity contribution in [2.75, 3.05) is 38.0 Å². The number of oxazole rings is 1. The van der Waals surface area contributed by atoms with Crippen molar-refractivity contribution in [1.82, 2.24) is 14.4 Å². The molecule has 1 aromatic heterocycles. The van der Waals surface area contributed by atoms with Crippen LogP contribution in [-0.4, -0.2) is 53.0 Å². The van der Waals surface area contributed by atoms with Crippen LogP contribution in [0, 0.1) is 18.7 Å². The van der Waals surface area contributed by atoms with Gasteiger partial charge in [-0.1, -0.05) is 30.3 Å². The van der Waals surface area contributed by atoms with Gasteiger partial charge in [-0.25, -0.2) is 0 Å². The third kappa shape index (κ3) is 4.42. The van der Waals surface area contributed by atoms with E-state index >= 15 is 0 Å². The Bertz CT molecular complexity index is 1060. The lowest BCUT2D eigenvalue weighted by atomic mass is 10.1. The molecule has 0 unspecified atom stereocenters. The number of para-hydroxylation sites is 3. The van der Waals surface area contributed by atoms with Crippen LogP contribution >= 0.6 is 12.2 Å². The molecule has 29 heavy (non-hydrogen) atoms. The van der Waals surface area contributed by atoms with Crippen LogP contribution in [0.3, 0.4) is 0 Å². The molecule has 1 fully saturated rings. The van der Waals surface area contributed by atoms with Crippen molar-refractivity contribution in [3.8, 4) is 0 Å². The molecular formula is C22H26N4O2S. The lowest BCUT2D eigenvalue weighted by molar-refractivity contribution is -0.117. The third-order valence-electron chi connectivity index (χ3n) is 5.49. The van der Waals surface area contributed by atoms with Gasteiger partial charge in [-0.3, -0.25) is 19.2 Å². The molecule has 1 N–H and O–H groups in total. The normalized spacial score (nSPS) is 15.7. The van der Waals surface area contributed by atoms with Crippen molar-refractivity contribution >= 4 is 34.9 Å². The minimum Gasteiger partial charge on any atom is -0.429 e. The predicted molar refractivity (Wildman–Crippen MR) is 118 cm³/mol. The average Bonchev–Trinajstić information content (AvgIpc) is 3.02. The Balaban J connectivity index is 1.32. The fourth-order valence-electron chi connectivity index (χ4n) is 3.83. The van der Waals surface area contributed by atoms with E-state index in [1.165, 1.54) is 0 Å². The minimum atomic E-state index is 0.0406. The summed E-state index contributed by atoms with van der Waals surface area (Å²) in [4.78, 5) is 17.6. The van der Waals surface area contributed by atoms with Gasteiger partial charge in [0, 0.05) is 31.9 Å². The number of rotatable bonds is 5. The number of carbonyl (C=O) groups is 1. The fourth-order valence-corrected chi connectivity index (χ4v) is 4.08. The molecule has 0 bridgehead atoms. The van der Waals surface area contributed by atoms with E-state index in [-0.39, 0.29) is 5.91 Å². The van der Waals surface area contributed by atoms with E-state index < -0.39 is 0 Å². The van der Waals surface area contributed by atoms with E-state index in [9.17, 15) is 4.79 Å². The number of anilines is 1. The summed E-state index contributed by atoms with van der Waals surface area (Å²) in [5.74, 6) is 0.0406. The smallest absolute Gasteiger partial charge is 0.270 e. The summed E-state index contributed by atoms with van der Waals surface area (Å²) in [7, 11) is 0. The van der Waals surface area contributed by atoms with E-state index in [1.807, 2.05) is 60.9 Å². The highest BCUT2D eigenvalue weighted by Gasteiger charge is 2.20. The first-order valence-corrected chi connectivity index (χ1v) is 10.3. The molecule has 0 saturated carbocycles. The zero-order chi connectivity index (χ0) is 20.4. The Morgan fingerprint density at radius 1 is 1.00 bits per heavy atom. The topological polar surface area (TPSA) is 53.7 Å². The first-order valence-electron chi connectivity index (χ1n) is 9.90. The van der Waals surface area contributed by atoms with Crippen LogP contribution in [0.15, 0.2) is 46.9 Å². The van der Waals surface area contributed by atoms with Gasteiger partial charge in [0.1, 0.15) is 0 Å². The van der Waals surface area contributed by atoms with Gasteiger partial charge in [0.2, 0.25) is 5.91 Å². The Kier molecular flexibility index (Phi) is 5.80. The second-order valence-corrected chi connectivity index (χ2v) is 7.96. The molecule has 2 aromatic carbocycles. The minimum absolute atomic E-state index is 0.0406. The van der Waals surface area contributed by atoms with Crippen LogP contribution in [0.5, 0.6) is 0 Å². The van der Waals surface area contributed by atoms with Crippen LogP contribution in [0.4, 0.5) is 5.69 Å². The molecule has 0 aliphatic carbocycles. The molecule has 0 radical (unpaired) electrons. The summed E-state index contributed by atoms with van der Waals surface area (Å²) < 4.78 is 7.71. The molecule has 6 nitrogen and oxygen atoms in total. The van der Waals surface area contributed by atoms with Gasteiger partial charge in [0.25, 0.3) is 4.84 Å². The zero-order valence-corrected chi connectivity index (χ0v) is 17.7. The molecule has 0 spiro atoms. The van der Waals surface area contributed by atoms with Crippen LogP contribution in [-0.2, 0) is 11.5 Å². The highest BCUT2D eigenvalue weighted by molar-refractivity contribution is 7.71. The predicted octanol–water partition coefficient (Wildman–Crippen LogP) is 3.79. The van der Waals surface area contributed by atoms with Crippen LogP contribution in [0.1, 0.15) is 11.1 Å². The fraction of sp³-hybridized carbons (Fsp3) is 0.364. The van der Waals surface area contributed by atoms with Gasteiger partial charge in [0.05, 0.1) is 18.7 Å². The van der Waals surface area contributed by atoms with Gasteiger partial charge < -0.3 is 9.73 Å². The number of fused-ring (bicyclic) bond motifs is 1. The number of nitrogens with one attached hydrogen (secondary N) is 1. The van der Waals surface area contributed by atoms with Crippen molar-refractivity contribution in [1.29, 1.82) is 0 Å². The summed E-state index contributed by atoms with van der Waals surface area (Å²) in [6, 6.07) is 14.0. The maximum atomic E-state index is 12.5. The Hall–Kier alpha value is -2.48. The molecule has 1 aliphatic heterocycles. The second-order valence-electron chi connectivity index (χ2n) is 7.61. The number of piperazine rings is 1. The maximum Gasteiger partial charge on any atom is 0.270 e. The third-order valence-corrected chi connectivity index (χ3v) is 5.80. The number of carbonyl (C=O) groups excluding carboxylic acids is 1. The quantitative estimate of drug-likeness (QED) is 0.649. The van der Waals surface area contributed by atoms with Gasteiger partial charge in [-0.2, -0.15) is 0 Å². The summed E-state index contributed by atoms with van der Waals surface area (Å²) in [6.45, 7) is 8.63. The Morgan fingerprint density at radius 2 is 1.66 bits per heavy atom. The summed E-state index contributed by atoms with van der Waals surface area (Å²) >= 11 is 5.39. The van der Waals surface area contributed by atoms with Gasteiger partial charge in [-0.15, -0.1) is 0 Å². The van der Waals surface area contributed by atoms with Crippen molar-refractivity contribution in [3.63, 3.8) is 0 Å². The molecule has 0 atom stereocenters. The molecule has 2 heterocycles. The number of hydrogen-bond donors (Lipinski definition) is 1. The van der Waals surface area contributed by atoms with Gasteiger partial charge >= 0.3 is 0 Å². The first kappa shape index (κ1) is 19.8. The van der Waals surface area contributed by atoms with Crippen molar-refractivity contribution in [3.05, 3.63) is 58.4 Å². The van der Waals surface area contributed by atoms with E-state index in [0.717, 1.165) is 54.1 Å². The van der Waals surface area contributed by atoms with E-state index in [2.05, 4.69) is 15.1 Å². The lowest BCUT2D eigenvalue weighted by Gasteiger charge is -2.34. The first-order chi connectivity index (χ1) is 14.0. The number of hydrogen-bond acceptors (Lipinski definition) is 5. The Labute approximate surface area is 175 Å². The summed E-state index contributed by atoms with van der Waals surface area (Å²) in [5.41, 5.74) is 4.95. The lowest BCUT2D eigenvalue weighted by Crippen LogP contribution is -2.48. The zero-order valence-electron chi connectivity index (χ0n) is 16.9. The van der Waals surface area contributed by atoms with E-state index in [4.69, 9.17) is 16.6 Å². The molecule has 1 aliphatic rings. The maximum absolute atomic E-state index is 12.5. The highest BCUT2D eigenvalue weighted by atomic mass is 32.1. The SMILES string of the molecule is Cc1cccc(C)c1NC(=O)CN1CCN(Cn2c(=S)oc3ccccc32)CC1. The van der Waals surface area contributed by atoms with Crippen molar-refractivity contribution in [2.24, 2.45) is 0 Å². The molecule has 3 aromatic rings. The molecule has 152 valence electrons. The highest BCUT2D eigenvalue weighted by Crippen LogP contribution is 2.20. The van der Waals surface area contributed by atoms with Crippen molar-refractivity contribution < 1.29 is 9.21 Å². The molecule has 4 rings (SSSR count). The molecule has 1 amide bonds. The molecule has 1 saturated heterocycles. The number of benzene rings is 2. The standard InChI is InChI=1S/C22H26N4O2S/c1-16-6-5-7-17(2)21(16)23-20(27)14-24-10-12-25(13-11-24)15-26-18-8-3-4-9-19(18)28-22(26)29/h3-9H,10-15H2,1-2H3,(H,23,27). The number of aromatic nitrogens is 1. The average molecular weight is 411 g/mol. The van der Waals surface area contributed by atoms with E-state index in [1.54, 1.807) is 0 Å². The largest absolute Gasteiger partial charge is 0.429 e. The number of aryl methyl sites for hydroxylation is 2. The number of amides is 1.